The summed E-state index contributed by atoms with van der Waals surface area (Å²) in [5, 5.41) is 8.92. The van der Waals surface area contributed by atoms with E-state index >= 15 is 0 Å². The molecule has 0 aliphatic heterocycles. The SMILES string of the molecule is CCCOc1ccc(C(=O)C(C)C(C)C(=O)O)cc1. The minimum Gasteiger partial charge on any atom is -0.494 e. The van der Waals surface area contributed by atoms with Gasteiger partial charge in [0.15, 0.2) is 5.78 Å². The van der Waals surface area contributed by atoms with Crippen LogP contribution in [0.4, 0.5) is 0 Å². The molecule has 0 fully saturated rings. The van der Waals surface area contributed by atoms with Crippen molar-refractivity contribution in [3.05, 3.63) is 29.8 Å². The van der Waals surface area contributed by atoms with E-state index in [1.807, 2.05) is 6.92 Å². The molecular weight excluding hydrogens is 244 g/mol. The quantitative estimate of drug-likeness (QED) is 0.769. The molecule has 0 saturated carbocycles. The van der Waals surface area contributed by atoms with Gasteiger partial charge in [0.05, 0.1) is 12.5 Å². The molecule has 0 radical (unpaired) electrons. The van der Waals surface area contributed by atoms with Crippen LogP contribution in [0.5, 0.6) is 5.75 Å². The summed E-state index contributed by atoms with van der Waals surface area (Å²) in [6.45, 7) is 5.85. The standard InChI is InChI=1S/C15H20O4/c1-4-9-19-13-7-5-12(6-8-13)14(16)10(2)11(3)15(17)18/h5-8,10-11H,4,9H2,1-3H3,(H,17,18). The van der Waals surface area contributed by atoms with E-state index < -0.39 is 17.8 Å². The van der Waals surface area contributed by atoms with Crippen LogP contribution in [0.3, 0.4) is 0 Å². The van der Waals surface area contributed by atoms with Crippen LogP contribution >= 0.6 is 0 Å². The summed E-state index contributed by atoms with van der Waals surface area (Å²) in [6, 6.07) is 6.83. The zero-order chi connectivity index (χ0) is 14.4. The Balaban J connectivity index is 2.75. The summed E-state index contributed by atoms with van der Waals surface area (Å²) in [4.78, 5) is 23.0. The third-order valence-electron chi connectivity index (χ3n) is 3.16. The highest BCUT2D eigenvalue weighted by atomic mass is 16.5. The van der Waals surface area contributed by atoms with Gasteiger partial charge in [0.2, 0.25) is 0 Å². The molecule has 1 aromatic carbocycles. The van der Waals surface area contributed by atoms with Crippen molar-refractivity contribution in [2.45, 2.75) is 27.2 Å². The molecule has 2 atom stereocenters. The van der Waals surface area contributed by atoms with Gasteiger partial charge in [-0.2, -0.15) is 0 Å². The molecule has 1 rings (SSSR count). The fraction of sp³-hybridized carbons (Fsp3) is 0.467. The third kappa shape index (κ3) is 4.09. The molecule has 0 aromatic heterocycles. The molecule has 1 aromatic rings. The highest BCUT2D eigenvalue weighted by molar-refractivity contribution is 5.99. The van der Waals surface area contributed by atoms with Gasteiger partial charge in [0, 0.05) is 11.5 Å². The molecule has 4 heteroatoms. The number of aliphatic carboxylic acids is 1. The number of hydrogen-bond donors (Lipinski definition) is 1. The van der Waals surface area contributed by atoms with E-state index in [2.05, 4.69) is 0 Å². The number of hydrogen-bond acceptors (Lipinski definition) is 3. The monoisotopic (exact) mass is 264 g/mol. The molecule has 0 saturated heterocycles. The Kier molecular flexibility index (Phi) is 5.55. The van der Waals surface area contributed by atoms with Gasteiger partial charge in [-0.3, -0.25) is 9.59 Å². The van der Waals surface area contributed by atoms with Crippen molar-refractivity contribution in [3.8, 4) is 5.75 Å². The summed E-state index contributed by atoms with van der Waals surface area (Å²) in [5.74, 6) is -1.62. The van der Waals surface area contributed by atoms with E-state index in [0.717, 1.165) is 12.2 Å². The van der Waals surface area contributed by atoms with Crippen molar-refractivity contribution in [1.29, 1.82) is 0 Å². The van der Waals surface area contributed by atoms with Crippen LogP contribution in [-0.2, 0) is 4.79 Å². The molecule has 0 heterocycles. The Morgan fingerprint density at radius 3 is 2.21 bits per heavy atom. The molecule has 0 spiro atoms. The number of benzene rings is 1. The minimum atomic E-state index is -0.955. The zero-order valence-corrected chi connectivity index (χ0v) is 11.6. The molecule has 104 valence electrons. The highest BCUT2D eigenvalue weighted by Gasteiger charge is 2.26. The van der Waals surface area contributed by atoms with Gasteiger partial charge in [0.25, 0.3) is 0 Å². The second-order valence-corrected chi connectivity index (χ2v) is 4.65. The van der Waals surface area contributed by atoms with E-state index in [1.165, 1.54) is 0 Å². The fourth-order valence-electron chi connectivity index (χ4n) is 1.64. The fourth-order valence-corrected chi connectivity index (χ4v) is 1.64. The Morgan fingerprint density at radius 1 is 1.16 bits per heavy atom. The van der Waals surface area contributed by atoms with E-state index in [-0.39, 0.29) is 5.78 Å². The van der Waals surface area contributed by atoms with Crippen molar-refractivity contribution in [2.75, 3.05) is 6.61 Å². The molecule has 0 amide bonds. The van der Waals surface area contributed by atoms with E-state index in [0.29, 0.717) is 12.2 Å². The normalized spacial score (nSPS) is 13.6. The van der Waals surface area contributed by atoms with Crippen LogP contribution in [0.1, 0.15) is 37.6 Å². The summed E-state index contributed by atoms with van der Waals surface area (Å²) in [6.07, 6.45) is 0.924. The Bertz CT molecular complexity index is 436. The summed E-state index contributed by atoms with van der Waals surface area (Å²) in [5.41, 5.74) is 0.518. The Hall–Kier alpha value is -1.84. The van der Waals surface area contributed by atoms with Crippen LogP contribution in [0.2, 0.25) is 0 Å². The van der Waals surface area contributed by atoms with Gasteiger partial charge in [-0.1, -0.05) is 20.8 Å². The molecule has 0 aliphatic carbocycles. The number of carboxylic acid groups (broad SMARTS) is 1. The van der Waals surface area contributed by atoms with Gasteiger partial charge >= 0.3 is 5.97 Å². The first-order valence-corrected chi connectivity index (χ1v) is 6.47. The number of rotatable bonds is 7. The lowest BCUT2D eigenvalue weighted by atomic mass is 9.88. The maximum absolute atomic E-state index is 12.1. The van der Waals surface area contributed by atoms with E-state index in [1.54, 1.807) is 38.1 Å². The first-order chi connectivity index (χ1) is 8.97. The van der Waals surface area contributed by atoms with Gasteiger partial charge < -0.3 is 9.84 Å². The second kappa shape index (κ2) is 6.92. The maximum atomic E-state index is 12.1. The van der Waals surface area contributed by atoms with Gasteiger partial charge in [-0.25, -0.2) is 0 Å². The summed E-state index contributed by atoms with van der Waals surface area (Å²) >= 11 is 0. The molecular formula is C15H20O4. The van der Waals surface area contributed by atoms with Crippen molar-refractivity contribution < 1.29 is 19.4 Å². The van der Waals surface area contributed by atoms with Crippen LogP contribution in [0.15, 0.2) is 24.3 Å². The van der Waals surface area contributed by atoms with Gasteiger partial charge in [-0.15, -0.1) is 0 Å². The lowest BCUT2D eigenvalue weighted by Crippen LogP contribution is -2.25. The summed E-state index contributed by atoms with van der Waals surface area (Å²) < 4.78 is 5.43. The predicted molar refractivity (Wildman–Crippen MR) is 72.5 cm³/mol. The molecule has 0 bridgehead atoms. The number of ether oxygens (including phenoxy) is 1. The molecule has 1 N–H and O–H groups in total. The van der Waals surface area contributed by atoms with E-state index in [9.17, 15) is 9.59 Å². The summed E-state index contributed by atoms with van der Waals surface area (Å²) in [7, 11) is 0. The average Bonchev–Trinajstić information content (AvgIpc) is 2.43. The number of carboxylic acids is 1. The number of Topliss-reactive ketones (excluding diaryl/α,β-unsaturated/α-hetero) is 1. The third-order valence-corrected chi connectivity index (χ3v) is 3.16. The van der Waals surface area contributed by atoms with Crippen molar-refractivity contribution in [2.24, 2.45) is 11.8 Å². The highest BCUT2D eigenvalue weighted by Crippen LogP contribution is 2.20. The van der Waals surface area contributed by atoms with Crippen LogP contribution < -0.4 is 4.74 Å². The lowest BCUT2D eigenvalue weighted by Gasteiger charge is -2.15. The molecule has 0 aliphatic rings. The van der Waals surface area contributed by atoms with Gasteiger partial charge in [-0.05, 0) is 30.7 Å². The van der Waals surface area contributed by atoms with Gasteiger partial charge in [0.1, 0.15) is 5.75 Å². The van der Waals surface area contributed by atoms with Crippen LogP contribution in [0.25, 0.3) is 0 Å². The number of carbonyl (C=O) groups is 2. The number of carbonyl (C=O) groups excluding carboxylic acids is 1. The molecule has 4 nitrogen and oxygen atoms in total. The number of ketones is 1. The average molecular weight is 264 g/mol. The van der Waals surface area contributed by atoms with Crippen molar-refractivity contribution in [1.82, 2.24) is 0 Å². The predicted octanol–water partition coefficient (Wildman–Crippen LogP) is 3.01. The lowest BCUT2D eigenvalue weighted by molar-refractivity contribution is -0.142. The Morgan fingerprint density at radius 2 is 1.74 bits per heavy atom. The smallest absolute Gasteiger partial charge is 0.306 e. The Labute approximate surface area is 113 Å². The largest absolute Gasteiger partial charge is 0.494 e. The first kappa shape index (κ1) is 15.2. The topological polar surface area (TPSA) is 63.6 Å². The zero-order valence-electron chi connectivity index (χ0n) is 11.6. The second-order valence-electron chi connectivity index (χ2n) is 4.65. The van der Waals surface area contributed by atoms with Crippen LogP contribution in [-0.4, -0.2) is 23.5 Å². The molecule has 19 heavy (non-hydrogen) atoms. The van der Waals surface area contributed by atoms with Crippen LogP contribution in [0, 0.1) is 11.8 Å². The van der Waals surface area contributed by atoms with E-state index in [4.69, 9.17) is 9.84 Å². The van der Waals surface area contributed by atoms with Crippen molar-refractivity contribution in [3.63, 3.8) is 0 Å². The molecule has 2 unspecified atom stereocenters. The minimum absolute atomic E-state index is 0.156. The van der Waals surface area contributed by atoms with Crippen molar-refractivity contribution >= 4 is 11.8 Å². The first-order valence-electron chi connectivity index (χ1n) is 6.47. The maximum Gasteiger partial charge on any atom is 0.306 e.